The third-order valence-electron chi connectivity index (χ3n) is 3.78. The quantitative estimate of drug-likeness (QED) is 0.326. The molecule has 1 aromatic heterocycles. The first kappa shape index (κ1) is 24.1. The van der Waals surface area contributed by atoms with E-state index < -0.39 is 37.0 Å². The van der Waals surface area contributed by atoms with E-state index in [-0.39, 0.29) is 30.8 Å². The van der Waals surface area contributed by atoms with E-state index in [2.05, 4.69) is 4.98 Å². The molecule has 1 aromatic rings. The van der Waals surface area contributed by atoms with E-state index in [0.29, 0.717) is 17.6 Å². The molecule has 0 saturated carbocycles. The van der Waals surface area contributed by atoms with E-state index in [0.717, 1.165) is 4.90 Å². The summed E-state index contributed by atoms with van der Waals surface area (Å²) in [6, 6.07) is 2.52. The number of ether oxygens (including phenoxy) is 1. The van der Waals surface area contributed by atoms with Gasteiger partial charge in [0.25, 0.3) is 0 Å². The van der Waals surface area contributed by atoms with Gasteiger partial charge in [-0.25, -0.2) is 4.79 Å². The minimum Gasteiger partial charge on any atom is -0.462 e. The van der Waals surface area contributed by atoms with Crippen LogP contribution in [0.2, 0.25) is 0 Å². The number of unbranched alkanes of at least 4 members (excludes halogenated alkanes) is 1. The van der Waals surface area contributed by atoms with Gasteiger partial charge in [0, 0.05) is 26.2 Å². The summed E-state index contributed by atoms with van der Waals surface area (Å²) in [4.78, 5) is 51.4. The van der Waals surface area contributed by atoms with Crippen molar-refractivity contribution in [2.75, 3.05) is 26.7 Å². The third-order valence-corrected chi connectivity index (χ3v) is 3.78. The predicted molar refractivity (Wildman–Crippen MR) is 94.6 cm³/mol. The number of carbonyl (C=O) groups excluding carboxylic acids is 4. The van der Waals surface area contributed by atoms with Gasteiger partial charge in [0.05, 0.1) is 24.4 Å². The first-order valence-electron chi connectivity index (χ1n) is 8.75. The summed E-state index contributed by atoms with van der Waals surface area (Å²) in [7, 11) is 1.36. The zero-order valence-electron chi connectivity index (χ0n) is 16.1. The lowest BCUT2D eigenvalue weighted by Gasteiger charge is -2.25. The number of nitrogens with zero attached hydrogens (tertiary/aromatic N) is 3. The van der Waals surface area contributed by atoms with E-state index in [1.807, 2.05) is 0 Å². The molecule has 29 heavy (non-hydrogen) atoms. The molecule has 0 aliphatic carbocycles. The number of amides is 2. The number of likely N-dealkylation sites (N-methyl/N-ethyl adjacent to an activating group) is 1. The number of aromatic nitrogens is 1. The number of hydrogen-bond acceptors (Lipinski definition) is 6. The van der Waals surface area contributed by atoms with Crippen LogP contribution >= 0.6 is 0 Å². The zero-order valence-corrected chi connectivity index (χ0v) is 16.1. The van der Waals surface area contributed by atoms with E-state index in [1.165, 1.54) is 25.4 Å². The van der Waals surface area contributed by atoms with Gasteiger partial charge in [-0.15, -0.1) is 0 Å². The summed E-state index contributed by atoms with van der Waals surface area (Å²) in [6.07, 6.45) is -2.77. The normalized spacial score (nSPS) is 10.9. The van der Waals surface area contributed by atoms with Gasteiger partial charge in [-0.1, -0.05) is 0 Å². The molecular weight excluding hydrogens is 395 g/mol. The Morgan fingerprint density at radius 1 is 1.28 bits per heavy atom. The number of alkyl halides is 3. The lowest BCUT2D eigenvalue weighted by Crippen LogP contribution is -2.46. The van der Waals surface area contributed by atoms with Crippen molar-refractivity contribution in [1.29, 1.82) is 0 Å². The Bertz CT molecular complexity index is 740. The SMILES string of the molecule is CCOC(=O)c1ccnc(CN(CC(=O)N(C)CCCC=O)C(=O)C(F)(F)F)c1. The largest absolute Gasteiger partial charge is 0.471 e. The number of carbonyl (C=O) groups is 4. The van der Waals surface area contributed by atoms with E-state index >= 15 is 0 Å². The Morgan fingerprint density at radius 2 is 1.97 bits per heavy atom. The molecule has 1 rings (SSSR count). The minimum absolute atomic E-state index is 0.00967. The maximum Gasteiger partial charge on any atom is 0.471 e. The molecule has 0 radical (unpaired) electrons. The molecule has 8 nitrogen and oxygen atoms in total. The van der Waals surface area contributed by atoms with Crippen LogP contribution in [0.4, 0.5) is 13.2 Å². The molecule has 0 unspecified atom stereocenters. The van der Waals surface area contributed by atoms with Crippen LogP contribution in [0.15, 0.2) is 18.3 Å². The maximum atomic E-state index is 13.0. The number of aldehydes is 1. The van der Waals surface area contributed by atoms with Crippen molar-refractivity contribution in [2.45, 2.75) is 32.5 Å². The van der Waals surface area contributed by atoms with Crippen LogP contribution in [0.3, 0.4) is 0 Å². The first-order valence-corrected chi connectivity index (χ1v) is 8.75. The molecule has 0 aliphatic heterocycles. The summed E-state index contributed by atoms with van der Waals surface area (Å²) in [5.74, 6) is -3.61. The van der Waals surface area contributed by atoms with Crippen molar-refractivity contribution in [3.63, 3.8) is 0 Å². The fraction of sp³-hybridized carbons (Fsp3) is 0.500. The van der Waals surface area contributed by atoms with Crippen LogP contribution in [0.25, 0.3) is 0 Å². The summed E-state index contributed by atoms with van der Waals surface area (Å²) in [5, 5.41) is 0. The molecule has 0 fully saturated rings. The molecule has 1 heterocycles. The number of halogens is 3. The Morgan fingerprint density at radius 3 is 2.55 bits per heavy atom. The van der Waals surface area contributed by atoms with E-state index in [1.54, 1.807) is 6.92 Å². The van der Waals surface area contributed by atoms with Crippen LogP contribution in [0.1, 0.15) is 35.8 Å². The highest BCUT2D eigenvalue weighted by Gasteiger charge is 2.43. The van der Waals surface area contributed by atoms with Crippen molar-refractivity contribution in [3.8, 4) is 0 Å². The fourth-order valence-corrected chi connectivity index (χ4v) is 2.30. The minimum atomic E-state index is -5.19. The molecule has 0 saturated heterocycles. The number of pyridine rings is 1. The van der Waals surface area contributed by atoms with Crippen molar-refractivity contribution in [1.82, 2.24) is 14.8 Å². The number of rotatable bonds is 10. The fourth-order valence-electron chi connectivity index (χ4n) is 2.30. The average molecular weight is 417 g/mol. The van der Waals surface area contributed by atoms with Crippen molar-refractivity contribution in [3.05, 3.63) is 29.6 Å². The average Bonchev–Trinajstić information content (AvgIpc) is 2.66. The Hall–Kier alpha value is -2.98. The lowest BCUT2D eigenvalue weighted by atomic mass is 10.2. The van der Waals surface area contributed by atoms with Gasteiger partial charge in [0.1, 0.15) is 12.8 Å². The van der Waals surface area contributed by atoms with Crippen LogP contribution in [-0.2, 0) is 25.7 Å². The topological polar surface area (TPSA) is 96.9 Å². The second-order valence-corrected chi connectivity index (χ2v) is 6.04. The van der Waals surface area contributed by atoms with Gasteiger partial charge >= 0.3 is 18.1 Å². The highest BCUT2D eigenvalue weighted by Crippen LogP contribution is 2.20. The molecule has 2 amide bonds. The molecule has 0 aliphatic rings. The van der Waals surface area contributed by atoms with Gasteiger partial charge in [-0.3, -0.25) is 14.6 Å². The molecule has 0 atom stereocenters. The molecule has 0 bridgehead atoms. The van der Waals surface area contributed by atoms with Gasteiger partial charge in [-0.2, -0.15) is 13.2 Å². The monoisotopic (exact) mass is 417 g/mol. The molecule has 0 spiro atoms. The second-order valence-electron chi connectivity index (χ2n) is 6.04. The first-order chi connectivity index (χ1) is 13.6. The number of esters is 1. The Balaban J connectivity index is 2.98. The molecule has 160 valence electrons. The zero-order chi connectivity index (χ0) is 22.0. The standard InChI is InChI=1S/C18H22F3N3O5/c1-3-29-16(27)13-6-7-22-14(10-13)11-24(17(28)18(19,20)21)12-15(26)23(2)8-4-5-9-25/h6-7,9-10H,3-5,8,11-12H2,1-2H3. The van der Waals surface area contributed by atoms with Gasteiger partial charge in [0.15, 0.2) is 0 Å². The summed E-state index contributed by atoms with van der Waals surface area (Å²) in [6.45, 7) is 0.407. The van der Waals surface area contributed by atoms with Crippen molar-refractivity contribution < 1.29 is 37.1 Å². The van der Waals surface area contributed by atoms with Crippen LogP contribution in [0, 0.1) is 0 Å². The van der Waals surface area contributed by atoms with Crippen molar-refractivity contribution >= 4 is 24.1 Å². The van der Waals surface area contributed by atoms with E-state index in [4.69, 9.17) is 4.74 Å². The summed E-state index contributed by atoms with van der Waals surface area (Å²) < 4.78 is 43.7. The molecule has 0 aromatic carbocycles. The maximum absolute atomic E-state index is 13.0. The van der Waals surface area contributed by atoms with Crippen molar-refractivity contribution in [2.24, 2.45) is 0 Å². The lowest BCUT2D eigenvalue weighted by molar-refractivity contribution is -0.186. The second kappa shape index (κ2) is 11.1. The highest BCUT2D eigenvalue weighted by atomic mass is 19.4. The molecule has 0 N–H and O–H groups in total. The van der Waals surface area contributed by atoms with Crippen LogP contribution in [0.5, 0.6) is 0 Å². The Labute approximate surface area is 165 Å². The highest BCUT2D eigenvalue weighted by molar-refractivity contribution is 5.89. The third kappa shape index (κ3) is 7.88. The smallest absolute Gasteiger partial charge is 0.462 e. The van der Waals surface area contributed by atoms with Gasteiger partial charge in [-0.05, 0) is 25.5 Å². The van der Waals surface area contributed by atoms with E-state index in [9.17, 15) is 32.3 Å². The molecule has 11 heteroatoms. The predicted octanol–water partition coefficient (Wildman–Crippen LogP) is 1.59. The summed E-state index contributed by atoms with van der Waals surface area (Å²) >= 11 is 0. The van der Waals surface area contributed by atoms with Crippen LogP contribution < -0.4 is 0 Å². The van der Waals surface area contributed by atoms with Crippen LogP contribution in [-0.4, -0.2) is 71.8 Å². The Kier molecular flexibility index (Phi) is 9.23. The molecular formula is C18H22F3N3O5. The summed E-state index contributed by atoms with van der Waals surface area (Å²) in [5.41, 5.74) is 0.0538. The van der Waals surface area contributed by atoms with Gasteiger partial charge < -0.3 is 19.3 Å². The number of hydrogen-bond donors (Lipinski definition) is 0. The van der Waals surface area contributed by atoms with Gasteiger partial charge in [0.2, 0.25) is 5.91 Å².